The Morgan fingerprint density at radius 3 is 2.17 bits per heavy atom. The molecule has 0 radical (unpaired) electrons. The van der Waals surface area contributed by atoms with E-state index < -0.39 is 0 Å². The maximum Gasteiger partial charge on any atom is 0.0153 e. The van der Waals surface area contributed by atoms with Gasteiger partial charge in [0.25, 0.3) is 0 Å². The minimum absolute atomic E-state index is 0.694. The van der Waals surface area contributed by atoms with Crippen LogP contribution in [-0.4, -0.2) is 0 Å². The minimum atomic E-state index is 0.694. The van der Waals surface area contributed by atoms with E-state index in [0.29, 0.717) is 5.03 Å². The molecule has 0 bridgehead atoms. The number of hydrogen-bond acceptors (Lipinski definition) is 0. The van der Waals surface area contributed by atoms with Crippen LogP contribution in [0.3, 0.4) is 0 Å². The van der Waals surface area contributed by atoms with Gasteiger partial charge in [-0.25, -0.2) is 0 Å². The third-order valence-corrected chi connectivity index (χ3v) is 1.81. The van der Waals surface area contributed by atoms with Crippen molar-refractivity contribution < 1.29 is 0 Å². The van der Waals surface area contributed by atoms with E-state index >= 15 is 0 Å². The van der Waals surface area contributed by atoms with Crippen LogP contribution >= 0.6 is 11.6 Å². The lowest BCUT2D eigenvalue weighted by atomic mass is 10.1. The van der Waals surface area contributed by atoms with Crippen LogP contribution in [0.5, 0.6) is 0 Å². The summed E-state index contributed by atoms with van der Waals surface area (Å²) in [7, 11) is 0. The number of hydrogen-bond donors (Lipinski definition) is 0. The Balaban J connectivity index is 2.93. The van der Waals surface area contributed by atoms with Gasteiger partial charge in [0.15, 0.2) is 0 Å². The van der Waals surface area contributed by atoms with Gasteiger partial charge in [-0.3, -0.25) is 0 Å². The van der Waals surface area contributed by atoms with Crippen molar-refractivity contribution in [2.45, 2.75) is 20.3 Å². The summed E-state index contributed by atoms with van der Waals surface area (Å²) < 4.78 is 0. The second-order valence-corrected chi connectivity index (χ2v) is 3.72. The number of benzene rings is 1. The van der Waals surface area contributed by atoms with Crippen molar-refractivity contribution in [1.29, 1.82) is 0 Å². The molecule has 0 fully saturated rings. The highest BCUT2D eigenvalue weighted by Crippen LogP contribution is 2.13. The fourth-order valence-corrected chi connectivity index (χ4v) is 1.55. The lowest BCUT2D eigenvalue weighted by Crippen LogP contribution is -1.87. The summed E-state index contributed by atoms with van der Waals surface area (Å²) >= 11 is 5.72. The normalized spacial score (nSPS) is 9.92. The van der Waals surface area contributed by atoms with E-state index in [1.807, 2.05) is 0 Å². The van der Waals surface area contributed by atoms with Gasteiger partial charge in [-0.05, 0) is 19.4 Å². The second kappa shape index (κ2) is 3.77. The Bertz CT molecular complexity index is 280. The van der Waals surface area contributed by atoms with Gasteiger partial charge in [0.1, 0.15) is 0 Å². The molecule has 0 N–H and O–H groups in total. The zero-order valence-corrected chi connectivity index (χ0v) is 8.28. The molecule has 0 saturated carbocycles. The highest BCUT2D eigenvalue weighted by atomic mass is 35.5. The molecule has 64 valence electrons. The molecule has 1 aromatic rings. The first-order valence-corrected chi connectivity index (χ1v) is 4.36. The topological polar surface area (TPSA) is 0 Å². The van der Waals surface area contributed by atoms with E-state index in [1.165, 1.54) is 16.7 Å². The van der Waals surface area contributed by atoms with E-state index in [9.17, 15) is 0 Å². The Morgan fingerprint density at radius 2 is 1.75 bits per heavy atom. The molecular formula is C11H13Cl. The Morgan fingerprint density at radius 1 is 1.25 bits per heavy atom. The van der Waals surface area contributed by atoms with Crippen molar-refractivity contribution in [3.8, 4) is 0 Å². The standard InChI is InChI=1S/C11H13Cl/c1-8-4-9(2)6-11(5-8)7-10(3)12/h4-6H,3,7H2,1-2H3. The van der Waals surface area contributed by atoms with Crippen LogP contribution in [-0.2, 0) is 6.42 Å². The molecule has 0 spiro atoms. The van der Waals surface area contributed by atoms with Crippen LogP contribution in [0.4, 0.5) is 0 Å². The molecule has 0 aromatic heterocycles. The average molecular weight is 181 g/mol. The van der Waals surface area contributed by atoms with Gasteiger partial charge in [0.05, 0.1) is 0 Å². The predicted octanol–water partition coefficient (Wildman–Crippen LogP) is 3.60. The second-order valence-electron chi connectivity index (χ2n) is 3.19. The largest absolute Gasteiger partial charge is 0.0894 e. The third kappa shape index (κ3) is 2.71. The van der Waals surface area contributed by atoms with Gasteiger partial charge in [-0.1, -0.05) is 47.5 Å². The molecule has 12 heavy (non-hydrogen) atoms. The molecule has 0 saturated heterocycles. The third-order valence-electron chi connectivity index (χ3n) is 1.68. The van der Waals surface area contributed by atoms with Crippen LogP contribution in [0.2, 0.25) is 0 Å². The summed E-state index contributed by atoms with van der Waals surface area (Å²) in [4.78, 5) is 0. The summed E-state index contributed by atoms with van der Waals surface area (Å²) in [5, 5.41) is 0.694. The van der Waals surface area contributed by atoms with E-state index in [0.717, 1.165) is 6.42 Å². The molecule has 1 rings (SSSR count). The van der Waals surface area contributed by atoms with Crippen molar-refractivity contribution in [3.63, 3.8) is 0 Å². The number of rotatable bonds is 2. The summed E-state index contributed by atoms with van der Waals surface area (Å²) in [6, 6.07) is 6.43. The summed E-state index contributed by atoms with van der Waals surface area (Å²) in [5.41, 5.74) is 3.80. The fourth-order valence-electron chi connectivity index (χ4n) is 1.39. The van der Waals surface area contributed by atoms with Gasteiger partial charge >= 0.3 is 0 Å². The van der Waals surface area contributed by atoms with E-state index in [4.69, 9.17) is 11.6 Å². The first kappa shape index (κ1) is 9.34. The Hall–Kier alpha value is -0.750. The van der Waals surface area contributed by atoms with Gasteiger partial charge in [-0.15, -0.1) is 0 Å². The molecule has 0 unspecified atom stereocenters. The number of allylic oxidation sites excluding steroid dienone is 1. The zero-order chi connectivity index (χ0) is 9.14. The monoisotopic (exact) mass is 180 g/mol. The van der Waals surface area contributed by atoms with Crippen molar-refractivity contribution in [2.24, 2.45) is 0 Å². The highest BCUT2D eigenvalue weighted by molar-refractivity contribution is 6.29. The number of halogens is 1. The van der Waals surface area contributed by atoms with Crippen LogP contribution in [0, 0.1) is 13.8 Å². The molecule has 0 aliphatic carbocycles. The minimum Gasteiger partial charge on any atom is -0.0894 e. The van der Waals surface area contributed by atoms with Crippen molar-refractivity contribution in [3.05, 3.63) is 46.5 Å². The van der Waals surface area contributed by atoms with Gasteiger partial charge < -0.3 is 0 Å². The molecule has 1 heteroatoms. The maximum absolute atomic E-state index is 5.72. The lowest BCUT2D eigenvalue weighted by Gasteiger charge is -2.02. The summed E-state index contributed by atoms with van der Waals surface area (Å²) in [6.07, 6.45) is 0.768. The molecule has 0 aliphatic heterocycles. The van der Waals surface area contributed by atoms with Crippen molar-refractivity contribution >= 4 is 11.6 Å². The molecule has 0 heterocycles. The van der Waals surface area contributed by atoms with Gasteiger partial charge in [0.2, 0.25) is 0 Å². The lowest BCUT2D eigenvalue weighted by molar-refractivity contribution is 1.21. The molecule has 0 nitrogen and oxygen atoms in total. The van der Waals surface area contributed by atoms with E-state index in [-0.39, 0.29) is 0 Å². The Labute approximate surface area is 78.9 Å². The molecule has 0 aliphatic rings. The van der Waals surface area contributed by atoms with Gasteiger partial charge in [0, 0.05) is 11.5 Å². The maximum atomic E-state index is 5.72. The van der Waals surface area contributed by atoms with Gasteiger partial charge in [-0.2, -0.15) is 0 Å². The van der Waals surface area contributed by atoms with Crippen LogP contribution in [0.25, 0.3) is 0 Å². The molecule has 0 amide bonds. The first-order valence-electron chi connectivity index (χ1n) is 3.98. The highest BCUT2D eigenvalue weighted by Gasteiger charge is 1.96. The van der Waals surface area contributed by atoms with Crippen LogP contribution < -0.4 is 0 Å². The van der Waals surface area contributed by atoms with E-state index in [1.54, 1.807) is 0 Å². The fraction of sp³-hybridized carbons (Fsp3) is 0.273. The summed E-state index contributed by atoms with van der Waals surface area (Å²) in [5.74, 6) is 0. The SMILES string of the molecule is C=C(Cl)Cc1cc(C)cc(C)c1. The molecular weight excluding hydrogens is 168 g/mol. The zero-order valence-electron chi connectivity index (χ0n) is 7.52. The van der Waals surface area contributed by atoms with Crippen molar-refractivity contribution in [1.82, 2.24) is 0 Å². The van der Waals surface area contributed by atoms with Crippen LogP contribution in [0.1, 0.15) is 16.7 Å². The number of aryl methyl sites for hydroxylation is 2. The first-order chi connectivity index (χ1) is 5.58. The van der Waals surface area contributed by atoms with Crippen molar-refractivity contribution in [2.75, 3.05) is 0 Å². The smallest absolute Gasteiger partial charge is 0.0153 e. The van der Waals surface area contributed by atoms with Crippen LogP contribution in [0.15, 0.2) is 29.8 Å². The van der Waals surface area contributed by atoms with E-state index in [2.05, 4.69) is 38.6 Å². The summed E-state index contributed by atoms with van der Waals surface area (Å²) in [6.45, 7) is 7.86. The Kier molecular flexibility index (Phi) is 2.93. The quantitative estimate of drug-likeness (QED) is 0.653. The average Bonchev–Trinajstić information content (AvgIpc) is 1.81. The molecule has 0 atom stereocenters. The predicted molar refractivity (Wildman–Crippen MR) is 54.6 cm³/mol. The molecule has 1 aromatic carbocycles.